The van der Waals surface area contributed by atoms with E-state index in [1.165, 1.54) is 0 Å². The molecule has 0 atom stereocenters. The summed E-state index contributed by atoms with van der Waals surface area (Å²) in [5.74, 6) is 1.21. The van der Waals surface area contributed by atoms with E-state index in [4.69, 9.17) is 13.9 Å². The van der Waals surface area contributed by atoms with Crippen molar-refractivity contribution in [1.82, 2.24) is 0 Å². The van der Waals surface area contributed by atoms with Crippen molar-refractivity contribution in [3.63, 3.8) is 0 Å². The number of ether oxygens (including phenoxy) is 2. The molecule has 1 N–H and O–H groups in total. The van der Waals surface area contributed by atoms with Crippen molar-refractivity contribution < 1.29 is 18.7 Å². The van der Waals surface area contributed by atoms with Gasteiger partial charge in [-0.2, -0.15) is 0 Å². The van der Waals surface area contributed by atoms with E-state index in [1.807, 2.05) is 48.5 Å². The normalized spacial score (nSPS) is 10.5. The Labute approximate surface area is 160 Å². The van der Waals surface area contributed by atoms with Gasteiger partial charge in [-0.05, 0) is 42.5 Å². The van der Waals surface area contributed by atoms with Crippen LogP contribution in [0.2, 0.25) is 0 Å². The van der Waals surface area contributed by atoms with Gasteiger partial charge in [0.2, 0.25) is 0 Å². The van der Waals surface area contributed by atoms with E-state index in [1.54, 1.807) is 19.2 Å². The highest BCUT2D eigenvalue weighted by Gasteiger charge is 2.13. The van der Waals surface area contributed by atoms with Crippen molar-refractivity contribution in [3.05, 3.63) is 82.2 Å². The van der Waals surface area contributed by atoms with E-state index in [2.05, 4.69) is 21.2 Å². The molecule has 0 radical (unpaired) electrons. The smallest absolute Gasteiger partial charge is 0.291 e. The summed E-state index contributed by atoms with van der Waals surface area (Å²) in [4.78, 5) is 12.4. The fourth-order valence-electron chi connectivity index (χ4n) is 2.37. The largest absolute Gasteiger partial charge is 0.486 e. The van der Waals surface area contributed by atoms with Crippen molar-refractivity contribution in [2.45, 2.75) is 13.2 Å². The first-order valence-corrected chi connectivity index (χ1v) is 8.80. The van der Waals surface area contributed by atoms with Crippen LogP contribution in [-0.4, -0.2) is 13.0 Å². The Morgan fingerprint density at radius 3 is 2.58 bits per heavy atom. The number of carbonyl (C=O) groups is 1. The Bertz CT molecular complexity index is 874. The highest BCUT2D eigenvalue weighted by Crippen LogP contribution is 2.20. The molecular formula is C20H18BrNO4. The number of rotatable bonds is 7. The van der Waals surface area contributed by atoms with Crippen LogP contribution in [0.3, 0.4) is 0 Å². The first-order chi connectivity index (χ1) is 12.7. The Balaban J connectivity index is 1.62. The lowest BCUT2D eigenvalue weighted by Gasteiger charge is -2.09. The average Bonchev–Trinajstić information content (AvgIpc) is 3.12. The van der Waals surface area contributed by atoms with Crippen LogP contribution in [0, 0.1) is 0 Å². The molecule has 0 aliphatic rings. The molecule has 1 aromatic heterocycles. The molecule has 5 nitrogen and oxygen atoms in total. The molecule has 0 bridgehead atoms. The third-order valence-corrected chi connectivity index (χ3v) is 4.17. The summed E-state index contributed by atoms with van der Waals surface area (Å²) in [6, 6.07) is 18.3. The second-order valence-electron chi connectivity index (χ2n) is 5.55. The van der Waals surface area contributed by atoms with E-state index in [9.17, 15) is 4.79 Å². The number of amides is 1. The zero-order valence-electron chi connectivity index (χ0n) is 14.2. The maximum absolute atomic E-state index is 12.4. The van der Waals surface area contributed by atoms with E-state index >= 15 is 0 Å². The molecule has 3 rings (SSSR count). The van der Waals surface area contributed by atoms with Crippen LogP contribution in [0.5, 0.6) is 5.75 Å². The minimum Gasteiger partial charge on any atom is -0.486 e. The van der Waals surface area contributed by atoms with Gasteiger partial charge in [-0.25, -0.2) is 0 Å². The number of carbonyl (C=O) groups excluding carboxylic acids is 1. The number of para-hydroxylation sites is 1. The zero-order chi connectivity index (χ0) is 18.4. The molecule has 0 saturated heterocycles. The van der Waals surface area contributed by atoms with E-state index in [0.29, 0.717) is 18.1 Å². The Morgan fingerprint density at radius 1 is 1.04 bits per heavy atom. The molecule has 6 heteroatoms. The van der Waals surface area contributed by atoms with Crippen LogP contribution in [0.4, 0.5) is 5.69 Å². The van der Waals surface area contributed by atoms with Gasteiger partial charge in [0.25, 0.3) is 5.91 Å². The minimum absolute atomic E-state index is 0.228. The lowest BCUT2D eigenvalue weighted by Crippen LogP contribution is -2.12. The number of nitrogens with one attached hydrogen (secondary N) is 1. The van der Waals surface area contributed by atoms with Crippen LogP contribution in [-0.2, 0) is 18.0 Å². The molecule has 0 fully saturated rings. The van der Waals surface area contributed by atoms with Crippen molar-refractivity contribution in [3.8, 4) is 5.75 Å². The van der Waals surface area contributed by atoms with Gasteiger partial charge in [0.05, 0.1) is 6.61 Å². The molecule has 0 aliphatic heterocycles. The predicted octanol–water partition coefficient (Wildman–Crippen LogP) is 5.02. The average molecular weight is 416 g/mol. The predicted molar refractivity (Wildman–Crippen MR) is 102 cm³/mol. The highest BCUT2D eigenvalue weighted by molar-refractivity contribution is 9.10. The first kappa shape index (κ1) is 18.2. The lowest BCUT2D eigenvalue weighted by molar-refractivity contribution is 0.0992. The fourth-order valence-corrected chi connectivity index (χ4v) is 2.63. The number of benzene rings is 2. The zero-order valence-corrected chi connectivity index (χ0v) is 15.8. The monoisotopic (exact) mass is 415 g/mol. The molecule has 3 aromatic rings. The summed E-state index contributed by atoms with van der Waals surface area (Å²) >= 11 is 3.38. The summed E-state index contributed by atoms with van der Waals surface area (Å²) in [6.07, 6.45) is 0. The summed E-state index contributed by atoms with van der Waals surface area (Å²) in [7, 11) is 1.61. The molecule has 1 heterocycles. The van der Waals surface area contributed by atoms with E-state index in [0.717, 1.165) is 15.8 Å². The fraction of sp³-hybridized carbons (Fsp3) is 0.150. The van der Waals surface area contributed by atoms with Gasteiger partial charge in [0, 0.05) is 22.8 Å². The SMILES string of the molecule is COCc1ccccc1NC(=O)c1ccc(COc2ccc(Br)cc2)o1. The molecule has 26 heavy (non-hydrogen) atoms. The molecule has 0 aliphatic carbocycles. The van der Waals surface area contributed by atoms with E-state index < -0.39 is 0 Å². The van der Waals surface area contributed by atoms with Crippen molar-refractivity contribution in [1.29, 1.82) is 0 Å². The molecule has 134 valence electrons. The number of hydrogen-bond acceptors (Lipinski definition) is 4. The third-order valence-electron chi connectivity index (χ3n) is 3.65. The summed E-state index contributed by atoms with van der Waals surface area (Å²) < 4.78 is 17.4. The number of anilines is 1. The van der Waals surface area contributed by atoms with Gasteiger partial charge in [-0.15, -0.1) is 0 Å². The number of hydrogen-bond donors (Lipinski definition) is 1. The number of halogens is 1. The van der Waals surface area contributed by atoms with Crippen LogP contribution in [0.25, 0.3) is 0 Å². The summed E-state index contributed by atoms with van der Waals surface area (Å²) in [5, 5.41) is 2.85. The minimum atomic E-state index is -0.316. The van der Waals surface area contributed by atoms with Gasteiger partial charge in [-0.3, -0.25) is 4.79 Å². The van der Waals surface area contributed by atoms with Crippen LogP contribution >= 0.6 is 15.9 Å². The standard InChI is InChI=1S/C20H18BrNO4/c1-24-12-14-4-2-3-5-18(14)22-20(23)19-11-10-17(26-19)13-25-16-8-6-15(21)7-9-16/h2-11H,12-13H2,1H3,(H,22,23). The maximum Gasteiger partial charge on any atom is 0.291 e. The maximum atomic E-state index is 12.4. The molecule has 0 saturated carbocycles. The second kappa shape index (κ2) is 8.69. The quantitative estimate of drug-likeness (QED) is 0.588. The van der Waals surface area contributed by atoms with Crippen molar-refractivity contribution in [2.75, 3.05) is 12.4 Å². The van der Waals surface area contributed by atoms with Crippen LogP contribution in [0.1, 0.15) is 21.9 Å². The van der Waals surface area contributed by atoms with Crippen molar-refractivity contribution >= 4 is 27.5 Å². The molecular weight excluding hydrogens is 398 g/mol. The second-order valence-corrected chi connectivity index (χ2v) is 6.47. The van der Waals surface area contributed by atoms with Gasteiger partial charge in [-0.1, -0.05) is 34.1 Å². The Hall–Kier alpha value is -2.57. The van der Waals surface area contributed by atoms with Crippen LogP contribution < -0.4 is 10.1 Å². The molecule has 0 unspecified atom stereocenters. The van der Waals surface area contributed by atoms with Gasteiger partial charge in [0.15, 0.2) is 5.76 Å². The molecule has 0 spiro atoms. The first-order valence-electron chi connectivity index (χ1n) is 8.01. The highest BCUT2D eigenvalue weighted by atomic mass is 79.9. The van der Waals surface area contributed by atoms with Gasteiger partial charge >= 0.3 is 0 Å². The van der Waals surface area contributed by atoms with Gasteiger partial charge < -0.3 is 19.2 Å². The molecule has 1 amide bonds. The molecule has 2 aromatic carbocycles. The van der Waals surface area contributed by atoms with E-state index in [-0.39, 0.29) is 18.3 Å². The topological polar surface area (TPSA) is 60.7 Å². The lowest BCUT2D eigenvalue weighted by atomic mass is 10.2. The Morgan fingerprint density at radius 2 is 1.81 bits per heavy atom. The number of methoxy groups -OCH3 is 1. The number of furan rings is 1. The van der Waals surface area contributed by atoms with Crippen LogP contribution in [0.15, 0.2) is 69.6 Å². The van der Waals surface area contributed by atoms with Crippen molar-refractivity contribution in [2.24, 2.45) is 0 Å². The Kier molecular flexibility index (Phi) is 6.09. The summed E-state index contributed by atoms with van der Waals surface area (Å²) in [6.45, 7) is 0.663. The van der Waals surface area contributed by atoms with Gasteiger partial charge in [0.1, 0.15) is 18.1 Å². The summed E-state index contributed by atoms with van der Waals surface area (Å²) in [5.41, 5.74) is 1.59. The third kappa shape index (κ3) is 4.74.